The number of fused-ring (bicyclic) bond motifs is 1. The van der Waals surface area contributed by atoms with Gasteiger partial charge in [0, 0.05) is 17.6 Å². The lowest BCUT2D eigenvalue weighted by molar-refractivity contribution is 0.0486. The molecule has 1 saturated carbocycles. The Bertz CT molecular complexity index is 1510. The molecule has 14 heteroatoms. The van der Waals surface area contributed by atoms with Gasteiger partial charge >= 0.3 is 6.09 Å². The largest absolute Gasteiger partial charge is 0.490 e. The number of amides is 1. The minimum Gasteiger partial charge on any atom is -0.490 e. The maximum Gasteiger partial charge on any atom is 0.407 e. The molecule has 5 rings (SSSR count). The quantitative estimate of drug-likeness (QED) is 0.226. The summed E-state index contributed by atoms with van der Waals surface area (Å²) in [7, 11) is 0. The van der Waals surface area contributed by atoms with Gasteiger partial charge in [0.1, 0.15) is 30.1 Å². The molecule has 0 aliphatic heterocycles. The van der Waals surface area contributed by atoms with Gasteiger partial charge < -0.3 is 24.5 Å². The summed E-state index contributed by atoms with van der Waals surface area (Å²) in [5, 5.41) is 16.6. The van der Waals surface area contributed by atoms with Crippen LogP contribution in [0, 0.1) is 0 Å². The van der Waals surface area contributed by atoms with E-state index in [2.05, 4.69) is 20.0 Å². The van der Waals surface area contributed by atoms with Crippen LogP contribution >= 0.6 is 12.3 Å². The molecule has 1 amide bonds. The number of para-hydroxylation sites is 1. The molecule has 0 radical (unpaired) electrons. The maximum atomic E-state index is 13.0. The van der Waals surface area contributed by atoms with E-state index in [4.69, 9.17) is 14.5 Å². The number of nitrogens with zero attached hydrogens (tertiary/aromatic N) is 5. The van der Waals surface area contributed by atoms with Crippen LogP contribution in [0.3, 0.4) is 0 Å². The monoisotopic (exact) mass is 620 g/mol. The number of aliphatic hydroxyl groups is 1. The van der Waals surface area contributed by atoms with Gasteiger partial charge in [0.25, 0.3) is 0 Å². The highest BCUT2D eigenvalue weighted by Gasteiger charge is 2.30. The Balaban J connectivity index is 0.00000135. The molecule has 2 aromatic heterocycles. The van der Waals surface area contributed by atoms with Crippen molar-refractivity contribution < 1.29 is 32.0 Å². The second kappa shape index (κ2) is 14.6. The predicted octanol–water partition coefficient (Wildman–Crippen LogP) is 6.61. The highest BCUT2D eigenvalue weighted by molar-refractivity contribution is 7.92. The number of rotatable bonds is 8. The van der Waals surface area contributed by atoms with Crippen LogP contribution in [0.5, 0.6) is 5.75 Å². The summed E-state index contributed by atoms with van der Waals surface area (Å²) in [5.41, 5.74) is 2.60. The van der Waals surface area contributed by atoms with Gasteiger partial charge in [-0.15, -0.1) is 8.98 Å². The van der Waals surface area contributed by atoms with Gasteiger partial charge in [-0.25, -0.2) is 23.5 Å². The van der Waals surface area contributed by atoms with Crippen molar-refractivity contribution in [2.45, 2.75) is 64.1 Å². The number of benzene rings is 2. The van der Waals surface area contributed by atoms with E-state index in [9.17, 15) is 22.6 Å². The first-order valence-corrected chi connectivity index (χ1v) is 14.5. The molecule has 2 unspecified atom stereocenters. The molecule has 1 aliphatic carbocycles. The number of hydrogen-bond acceptors (Lipinski definition) is 8. The van der Waals surface area contributed by atoms with Gasteiger partial charge in [0.2, 0.25) is 6.93 Å². The van der Waals surface area contributed by atoms with Crippen molar-refractivity contribution in [3.63, 3.8) is 0 Å². The molecule has 10 nitrogen and oxygen atoms in total. The zero-order valence-corrected chi connectivity index (χ0v) is 25.0. The van der Waals surface area contributed by atoms with Crippen LogP contribution < -0.4 is 10.1 Å². The zero-order chi connectivity index (χ0) is 31.0. The number of nitrogens with one attached hydrogen (secondary N) is 1. The van der Waals surface area contributed by atoms with E-state index in [-0.39, 0.29) is 37.6 Å². The normalized spacial score (nSPS) is 16.8. The van der Waals surface area contributed by atoms with Crippen LogP contribution in [-0.2, 0) is 4.74 Å². The molecule has 0 bridgehead atoms. The highest BCUT2D eigenvalue weighted by Crippen LogP contribution is 2.39. The summed E-state index contributed by atoms with van der Waals surface area (Å²) in [6.07, 6.45) is 4.24. The zero-order valence-electron chi connectivity index (χ0n) is 24.2. The Kier molecular flexibility index (Phi) is 10.9. The second-order valence-corrected chi connectivity index (χ2v) is 11.4. The number of carbonyl (C=O) groups is 1. The molecule has 43 heavy (non-hydrogen) atoms. The SMILES string of the molecule is CC(C)(C)OC(=O)NC1CCCC(n2c(-c3ccccc3OCCO)nc3ccc(-c4ncn(SF)n4)cc32)C1.FCF. The first kappa shape index (κ1) is 32.1. The molecule has 4 aromatic rings. The van der Waals surface area contributed by atoms with Crippen molar-refractivity contribution in [2.24, 2.45) is 0 Å². The number of alkyl carbamates (subject to hydrolysis) is 1. The average Bonchev–Trinajstić information content (AvgIpc) is 3.60. The van der Waals surface area contributed by atoms with Crippen molar-refractivity contribution in [2.75, 3.05) is 20.1 Å². The van der Waals surface area contributed by atoms with E-state index in [1.807, 2.05) is 63.2 Å². The second-order valence-electron chi connectivity index (χ2n) is 10.9. The fourth-order valence-electron chi connectivity index (χ4n) is 5.14. The smallest absolute Gasteiger partial charge is 0.407 e. The number of aliphatic hydroxyl groups excluding tert-OH is 1. The van der Waals surface area contributed by atoms with Crippen LogP contribution in [0.4, 0.5) is 17.5 Å². The van der Waals surface area contributed by atoms with Crippen LogP contribution in [0.25, 0.3) is 33.8 Å². The average molecular weight is 621 g/mol. The Labute approximate surface area is 252 Å². The highest BCUT2D eigenvalue weighted by atomic mass is 32.2. The molecule has 2 aromatic carbocycles. The lowest BCUT2D eigenvalue weighted by Gasteiger charge is -2.32. The molecule has 0 spiro atoms. The minimum absolute atomic E-state index is 0.0155. The van der Waals surface area contributed by atoms with Crippen molar-refractivity contribution in [1.29, 1.82) is 0 Å². The fourth-order valence-corrected chi connectivity index (χ4v) is 5.33. The van der Waals surface area contributed by atoms with Crippen LogP contribution in [0.15, 0.2) is 48.8 Å². The summed E-state index contributed by atoms with van der Waals surface area (Å²) in [4.78, 5) is 21.8. The first-order valence-electron chi connectivity index (χ1n) is 13.8. The molecule has 2 atom stereocenters. The van der Waals surface area contributed by atoms with E-state index in [1.54, 1.807) is 0 Å². The molecule has 2 N–H and O–H groups in total. The van der Waals surface area contributed by atoms with Crippen molar-refractivity contribution in [3.8, 4) is 28.5 Å². The van der Waals surface area contributed by atoms with E-state index in [1.165, 1.54) is 6.33 Å². The third kappa shape index (κ3) is 8.20. The summed E-state index contributed by atoms with van der Waals surface area (Å²) in [5.74, 6) is 1.75. The predicted molar refractivity (Wildman–Crippen MR) is 159 cm³/mol. The molecule has 232 valence electrons. The summed E-state index contributed by atoms with van der Waals surface area (Å²) in [6, 6.07) is 13.3. The molecule has 2 heterocycles. The van der Waals surface area contributed by atoms with Crippen LogP contribution in [-0.4, -0.2) is 66.7 Å². The number of alkyl halides is 2. The number of carbonyl (C=O) groups excluding carboxylic acids is 1. The van der Waals surface area contributed by atoms with E-state index in [0.29, 0.717) is 18.0 Å². The van der Waals surface area contributed by atoms with E-state index < -0.39 is 18.6 Å². The number of aromatic nitrogens is 5. The fraction of sp³-hybridized carbons (Fsp3) is 0.448. The molecule has 1 fully saturated rings. The van der Waals surface area contributed by atoms with Crippen molar-refractivity contribution >= 4 is 29.5 Å². The van der Waals surface area contributed by atoms with Gasteiger partial charge in [-0.3, -0.25) is 0 Å². The minimum atomic E-state index is -1.75. The summed E-state index contributed by atoms with van der Waals surface area (Å²) in [6.45, 7) is 3.84. The van der Waals surface area contributed by atoms with Gasteiger partial charge in [0.05, 0.1) is 23.2 Å². The van der Waals surface area contributed by atoms with E-state index in [0.717, 1.165) is 51.3 Å². The lowest BCUT2D eigenvalue weighted by Crippen LogP contribution is -2.41. The third-order valence-electron chi connectivity index (χ3n) is 6.70. The molecular weight excluding hydrogens is 585 g/mol. The Hall–Kier alpha value is -3.78. The molecular formula is C29H35F3N6O4S. The maximum absolute atomic E-state index is 13.0. The first-order chi connectivity index (χ1) is 20.7. The summed E-state index contributed by atoms with van der Waals surface area (Å²) < 4.78 is 46.9. The number of imidazole rings is 1. The lowest BCUT2D eigenvalue weighted by atomic mass is 9.90. The summed E-state index contributed by atoms with van der Waals surface area (Å²) >= 11 is -0.0195. The van der Waals surface area contributed by atoms with Crippen LogP contribution in [0.1, 0.15) is 52.5 Å². The van der Waals surface area contributed by atoms with Crippen molar-refractivity contribution in [1.82, 2.24) is 29.0 Å². The number of halogens is 3. The molecule has 1 aliphatic rings. The Morgan fingerprint density at radius 3 is 2.65 bits per heavy atom. The van der Waals surface area contributed by atoms with Gasteiger partial charge in [-0.2, -0.15) is 4.09 Å². The molecule has 0 saturated heterocycles. The van der Waals surface area contributed by atoms with Gasteiger partial charge in [0.15, 0.2) is 18.2 Å². The Morgan fingerprint density at radius 1 is 1.19 bits per heavy atom. The van der Waals surface area contributed by atoms with E-state index >= 15 is 0 Å². The van der Waals surface area contributed by atoms with Gasteiger partial charge in [-0.1, -0.05) is 12.1 Å². The third-order valence-corrected chi connectivity index (χ3v) is 7.02. The Morgan fingerprint density at radius 2 is 1.95 bits per heavy atom. The number of hydrogen-bond donors (Lipinski definition) is 2. The number of ether oxygens (including phenoxy) is 2. The standard InChI is InChI=1S/C28H33FN6O4S.CH2F2/c1-28(2,3)39-27(37)31-19-7-6-8-20(16-19)35-23-15-18(25-30-17-34(33-25)40-29)11-12-22(23)32-26(35)21-9-4-5-10-24(21)38-14-13-36;2-1-3/h4-5,9-12,15,17,19-20,36H,6-8,13-14,16H2,1-3H3,(H,31,37);1H2. The van der Waals surface area contributed by atoms with Crippen LogP contribution in [0.2, 0.25) is 0 Å². The van der Waals surface area contributed by atoms with Crippen molar-refractivity contribution in [3.05, 3.63) is 48.8 Å². The topological polar surface area (TPSA) is 116 Å². The van der Waals surface area contributed by atoms with Gasteiger partial charge in [-0.05, 0) is 76.8 Å².